The van der Waals surface area contributed by atoms with Gasteiger partial charge < -0.3 is 25.2 Å². The quantitative estimate of drug-likeness (QED) is 0.207. The van der Waals surface area contributed by atoms with Gasteiger partial charge in [0.25, 0.3) is 5.91 Å². The lowest BCUT2D eigenvalue weighted by atomic mass is 10.1. The minimum Gasteiger partial charge on any atom is -0.496 e. The van der Waals surface area contributed by atoms with E-state index in [0.29, 0.717) is 22.9 Å². The lowest BCUT2D eigenvalue weighted by Crippen LogP contribution is -2.19. The van der Waals surface area contributed by atoms with Crippen LogP contribution in [0.3, 0.4) is 0 Å². The fourth-order valence-electron chi connectivity index (χ4n) is 3.86. The molecule has 0 spiro atoms. The first-order valence-corrected chi connectivity index (χ1v) is 12.8. The number of methoxy groups -OCH3 is 2. The predicted molar refractivity (Wildman–Crippen MR) is 151 cm³/mol. The molecule has 39 heavy (non-hydrogen) atoms. The summed E-state index contributed by atoms with van der Waals surface area (Å²) in [5.74, 6) is -0.943. The molecule has 9 heteroatoms. The summed E-state index contributed by atoms with van der Waals surface area (Å²) in [6, 6.07) is 27.6. The molecule has 1 unspecified atom stereocenters. The highest BCUT2D eigenvalue weighted by Gasteiger charge is 2.23. The first-order valence-electron chi connectivity index (χ1n) is 11.9. The van der Waals surface area contributed by atoms with Crippen molar-refractivity contribution in [3.63, 3.8) is 0 Å². The van der Waals surface area contributed by atoms with Crippen molar-refractivity contribution >= 4 is 40.9 Å². The maximum absolute atomic E-state index is 13.4. The second kappa shape index (κ2) is 12.7. The molecular formula is C30H26N2O6S. The van der Waals surface area contributed by atoms with E-state index in [4.69, 9.17) is 14.6 Å². The van der Waals surface area contributed by atoms with Crippen LogP contribution in [0.4, 0.5) is 11.4 Å². The average molecular weight is 543 g/mol. The Hall–Kier alpha value is -4.76. The van der Waals surface area contributed by atoms with Gasteiger partial charge in [0.1, 0.15) is 22.3 Å². The van der Waals surface area contributed by atoms with Gasteiger partial charge in [0.15, 0.2) is 0 Å². The number of carboxylic acid groups (broad SMARTS) is 1. The van der Waals surface area contributed by atoms with Gasteiger partial charge in [0.05, 0.1) is 19.8 Å². The number of ether oxygens (including phenoxy) is 2. The van der Waals surface area contributed by atoms with Crippen LogP contribution < -0.4 is 20.1 Å². The molecule has 2 amide bonds. The Bertz CT molecular complexity index is 1450. The first-order chi connectivity index (χ1) is 18.9. The van der Waals surface area contributed by atoms with Crippen molar-refractivity contribution in [2.45, 2.75) is 10.1 Å². The summed E-state index contributed by atoms with van der Waals surface area (Å²) < 4.78 is 10.7. The lowest BCUT2D eigenvalue weighted by Gasteiger charge is -2.18. The van der Waals surface area contributed by atoms with E-state index in [9.17, 15) is 14.4 Å². The number of rotatable bonds is 10. The van der Waals surface area contributed by atoms with Crippen LogP contribution in [0.15, 0.2) is 102 Å². The molecule has 8 nitrogen and oxygen atoms in total. The number of aromatic carboxylic acids is 1. The Balaban J connectivity index is 1.56. The monoisotopic (exact) mass is 542 g/mol. The number of carbonyl (C=O) groups is 3. The third kappa shape index (κ3) is 6.77. The molecule has 1 atom stereocenters. The van der Waals surface area contributed by atoms with E-state index < -0.39 is 17.1 Å². The van der Waals surface area contributed by atoms with Gasteiger partial charge in [-0.1, -0.05) is 42.5 Å². The van der Waals surface area contributed by atoms with E-state index in [1.807, 2.05) is 36.4 Å². The van der Waals surface area contributed by atoms with Crippen LogP contribution in [-0.4, -0.2) is 37.1 Å². The first kappa shape index (κ1) is 27.3. The summed E-state index contributed by atoms with van der Waals surface area (Å²) in [5, 5.41) is 14.3. The van der Waals surface area contributed by atoms with Crippen LogP contribution in [0, 0.1) is 0 Å². The minimum absolute atomic E-state index is 0.131. The number of hydrogen-bond acceptors (Lipinski definition) is 6. The van der Waals surface area contributed by atoms with Gasteiger partial charge in [0, 0.05) is 16.3 Å². The number of nitrogens with one attached hydrogen (secondary N) is 2. The molecule has 0 saturated carbocycles. The maximum Gasteiger partial charge on any atom is 0.335 e. The van der Waals surface area contributed by atoms with Crippen molar-refractivity contribution in [3.8, 4) is 11.5 Å². The molecule has 0 saturated heterocycles. The minimum atomic E-state index is -1.04. The second-order valence-corrected chi connectivity index (χ2v) is 9.48. The summed E-state index contributed by atoms with van der Waals surface area (Å²) in [5.41, 5.74) is 2.21. The Morgan fingerprint density at radius 3 is 2.00 bits per heavy atom. The third-order valence-corrected chi connectivity index (χ3v) is 6.99. The van der Waals surface area contributed by atoms with E-state index >= 15 is 0 Å². The Labute approximate surface area is 230 Å². The zero-order chi connectivity index (χ0) is 27.8. The van der Waals surface area contributed by atoms with Crippen LogP contribution in [0.5, 0.6) is 11.5 Å². The number of carbonyl (C=O) groups excluding carboxylic acids is 2. The molecule has 3 N–H and O–H groups in total. The molecule has 0 bridgehead atoms. The molecule has 0 aromatic heterocycles. The van der Waals surface area contributed by atoms with Crippen molar-refractivity contribution in [1.29, 1.82) is 0 Å². The zero-order valence-corrected chi connectivity index (χ0v) is 22.0. The average Bonchev–Trinajstić information content (AvgIpc) is 2.96. The van der Waals surface area contributed by atoms with Gasteiger partial charge in [-0.2, -0.15) is 0 Å². The predicted octanol–water partition coefficient (Wildman–Crippen LogP) is 6.13. The Morgan fingerprint density at radius 1 is 0.744 bits per heavy atom. The van der Waals surface area contributed by atoms with E-state index in [-0.39, 0.29) is 17.0 Å². The summed E-state index contributed by atoms with van der Waals surface area (Å²) >= 11 is 1.32. The molecular weight excluding hydrogens is 516 g/mol. The van der Waals surface area contributed by atoms with E-state index in [1.165, 1.54) is 38.1 Å². The van der Waals surface area contributed by atoms with Crippen LogP contribution in [-0.2, 0) is 4.79 Å². The highest BCUT2D eigenvalue weighted by atomic mass is 32.2. The number of carboxylic acids is 1. The van der Waals surface area contributed by atoms with E-state index in [0.717, 1.165) is 10.5 Å². The van der Waals surface area contributed by atoms with Crippen LogP contribution >= 0.6 is 11.8 Å². The van der Waals surface area contributed by atoms with Gasteiger partial charge in [-0.05, 0) is 60.2 Å². The van der Waals surface area contributed by atoms with Crippen molar-refractivity contribution < 1.29 is 29.0 Å². The smallest absolute Gasteiger partial charge is 0.335 e. The van der Waals surface area contributed by atoms with Gasteiger partial charge in [-0.25, -0.2) is 4.79 Å². The zero-order valence-electron chi connectivity index (χ0n) is 21.2. The number of benzene rings is 4. The summed E-state index contributed by atoms with van der Waals surface area (Å²) in [6.45, 7) is 0. The van der Waals surface area contributed by atoms with Crippen molar-refractivity contribution in [3.05, 3.63) is 114 Å². The van der Waals surface area contributed by atoms with Gasteiger partial charge in [-0.3, -0.25) is 9.59 Å². The van der Waals surface area contributed by atoms with Crippen molar-refractivity contribution in [2.24, 2.45) is 0 Å². The molecule has 0 radical (unpaired) electrons. The second-order valence-electron chi connectivity index (χ2n) is 8.30. The SMILES string of the molecule is COc1cccc(OC)c1C(=O)Nc1cccc(SC(C(=O)Nc2ccc(C(=O)O)cc2)c2ccccc2)c1. The number of anilines is 2. The summed E-state index contributed by atoms with van der Waals surface area (Å²) in [7, 11) is 2.97. The molecule has 0 aliphatic carbocycles. The summed E-state index contributed by atoms with van der Waals surface area (Å²) in [4.78, 5) is 38.4. The number of amides is 2. The largest absolute Gasteiger partial charge is 0.496 e. The van der Waals surface area contributed by atoms with Gasteiger partial charge in [0.2, 0.25) is 5.91 Å². The van der Waals surface area contributed by atoms with Crippen molar-refractivity contribution in [2.75, 3.05) is 24.9 Å². The molecule has 198 valence electrons. The molecule has 4 rings (SSSR count). The molecule has 0 fully saturated rings. The highest BCUT2D eigenvalue weighted by molar-refractivity contribution is 8.00. The van der Waals surface area contributed by atoms with Gasteiger partial charge >= 0.3 is 5.97 Å². The molecule has 4 aromatic carbocycles. The molecule has 4 aromatic rings. The molecule has 0 heterocycles. The van der Waals surface area contributed by atoms with Crippen LogP contribution in [0.25, 0.3) is 0 Å². The Morgan fingerprint density at radius 2 is 1.38 bits per heavy atom. The third-order valence-electron chi connectivity index (χ3n) is 5.74. The van der Waals surface area contributed by atoms with E-state index in [1.54, 1.807) is 48.5 Å². The summed E-state index contributed by atoms with van der Waals surface area (Å²) in [6.07, 6.45) is 0. The Kier molecular flexibility index (Phi) is 8.86. The number of hydrogen-bond donors (Lipinski definition) is 3. The van der Waals surface area contributed by atoms with Crippen LogP contribution in [0.1, 0.15) is 31.5 Å². The lowest BCUT2D eigenvalue weighted by molar-refractivity contribution is -0.115. The van der Waals surface area contributed by atoms with E-state index in [2.05, 4.69) is 10.6 Å². The fraction of sp³-hybridized carbons (Fsp3) is 0.100. The number of thioether (sulfide) groups is 1. The van der Waals surface area contributed by atoms with Crippen LogP contribution in [0.2, 0.25) is 0 Å². The van der Waals surface area contributed by atoms with Gasteiger partial charge in [-0.15, -0.1) is 11.8 Å². The standard InChI is InChI=1S/C30H26N2O6S/c1-37-24-12-7-13-25(38-2)26(24)28(33)32-22-10-6-11-23(18-22)39-27(19-8-4-3-5-9-19)29(34)31-21-16-14-20(15-17-21)30(35)36/h3-18,27H,1-2H3,(H,31,34)(H,32,33)(H,35,36). The normalized spacial score (nSPS) is 11.2. The van der Waals surface area contributed by atoms with Crippen molar-refractivity contribution in [1.82, 2.24) is 0 Å². The highest BCUT2D eigenvalue weighted by Crippen LogP contribution is 2.37. The molecule has 0 aliphatic heterocycles. The topological polar surface area (TPSA) is 114 Å². The molecule has 0 aliphatic rings. The maximum atomic E-state index is 13.4. The fourth-order valence-corrected chi connectivity index (χ4v) is 4.94.